The lowest BCUT2D eigenvalue weighted by Crippen LogP contribution is -2.51. The molecule has 4 unspecified atom stereocenters. The normalized spacial score (nSPS) is 26.7. The van der Waals surface area contributed by atoms with Gasteiger partial charge in [-0.2, -0.15) is 0 Å². The zero-order valence-electron chi connectivity index (χ0n) is 13.7. The summed E-state index contributed by atoms with van der Waals surface area (Å²) in [4.78, 5) is 11.9. The second-order valence-electron chi connectivity index (χ2n) is 5.54. The fourth-order valence-electron chi connectivity index (χ4n) is 2.45. The summed E-state index contributed by atoms with van der Waals surface area (Å²) in [5.41, 5.74) is 0.488. The third kappa shape index (κ3) is 5.17. The number of aliphatic hydroxyl groups is 2. The molecule has 1 saturated heterocycles. The number of phenolic OH excluding ortho intramolecular Hbond substituents is 2. The quantitative estimate of drug-likeness (QED) is 0.331. The number of esters is 1. The molecule has 0 radical (unpaired) electrons. The van der Waals surface area contributed by atoms with E-state index in [-0.39, 0.29) is 24.5 Å². The zero-order valence-corrected chi connectivity index (χ0v) is 13.7. The number of ether oxygens (including phenoxy) is 3. The van der Waals surface area contributed by atoms with E-state index in [2.05, 4.69) is 0 Å². The molecule has 4 N–H and O–H groups in total. The van der Waals surface area contributed by atoms with Crippen LogP contribution < -0.4 is 0 Å². The lowest BCUT2D eigenvalue weighted by molar-refractivity contribution is -0.271. The summed E-state index contributed by atoms with van der Waals surface area (Å²) >= 11 is 0. The molecule has 0 aromatic heterocycles. The van der Waals surface area contributed by atoms with Crippen molar-refractivity contribution in [1.82, 2.24) is 0 Å². The number of carbonyl (C=O) groups excluding carboxylic acids is 1. The van der Waals surface area contributed by atoms with Crippen LogP contribution in [-0.2, 0) is 19.0 Å². The van der Waals surface area contributed by atoms with Crippen molar-refractivity contribution in [1.29, 1.82) is 0 Å². The Labute approximate surface area is 144 Å². The summed E-state index contributed by atoms with van der Waals surface area (Å²) < 4.78 is 15.9. The lowest BCUT2D eigenvalue weighted by atomic mass is 10.0. The second kappa shape index (κ2) is 8.82. The highest BCUT2D eigenvalue weighted by Crippen LogP contribution is 2.26. The predicted octanol–water partition coefficient (Wildman–Crippen LogP) is 0.527. The Bertz CT molecular complexity index is 615. The van der Waals surface area contributed by atoms with Gasteiger partial charge in [0.2, 0.25) is 0 Å². The summed E-state index contributed by atoms with van der Waals surface area (Å²) in [7, 11) is 0. The van der Waals surface area contributed by atoms with Gasteiger partial charge in [0, 0.05) is 19.1 Å². The Morgan fingerprint density at radius 1 is 1.36 bits per heavy atom. The van der Waals surface area contributed by atoms with Gasteiger partial charge in [0.05, 0.1) is 6.61 Å². The van der Waals surface area contributed by atoms with E-state index in [0.717, 1.165) is 6.08 Å². The van der Waals surface area contributed by atoms with Crippen molar-refractivity contribution in [3.8, 4) is 11.5 Å². The maximum absolute atomic E-state index is 11.9. The van der Waals surface area contributed by atoms with E-state index in [1.165, 1.54) is 24.3 Å². The molecule has 0 saturated carbocycles. The molecule has 8 nitrogen and oxygen atoms in total. The molecule has 8 heteroatoms. The first-order valence-corrected chi connectivity index (χ1v) is 7.91. The largest absolute Gasteiger partial charge is 0.504 e. The Balaban J connectivity index is 1.96. The molecule has 4 atom stereocenters. The van der Waals surface area contributed by atoms with Crippen LogP contribution in [0.1, 0.15) is 18.9 Å². The van der Waals surface area contributed by atoms with Crippen LogP contribution in [0.2, 0.25) is 0 Å². The summed E-state index contributed by atoms with van der Waals surface area (Å²) in [6.45, 7) is 1.71. The molecule has 1 heterocycles. The van der Waals surface area contributed by atoms with Crippen LogP contribution in [-0.4, -0.2) is 64.2 Å². The topological polar surface area (TPSA) is 126 Å². The molecule has 0 spiro atoms. The van der Waals surface area contributed by atoms with Gasteiger partial charge in [-0.3, -0.25) is 0 Å². The van der Waals surface area contributed by atoms with Crippen LogP contribution in [0.3, 0.4) is 0 Å². The van der Waals surface area contributed by atoms with Crippen LogP contribution in [0, 0.1) is 0 Å². The van der Waals surface area contributed by atoms with Crippen LogP contribution >= 0.6 is 0 Å². The van der Waals surface area contributed by atoms with Gasteiger partial charge in [0.25, 0.3) is 0 Å². The van der Waals surface area contributed by atoms with E-state index >= 15 is 0 Å². The number of rotatable bonds is 6. The summed E-state index contributed by atoms with van der Waals surface area (Å²) in [6.07, 6.45) is -0.835. The van der Waals surface area contributed by atoms with E-state index in [4.69, 9.17) is 14.2 Å². The first kappa shape index (κ1) is 19.2. The average molecular weight is 354 g/mol. The van der Waals surface area contributed by atoms with Crippen molar-refractivity contribution in [2.75, 3.05) is 13.2 Å². The predicted molar refractivity (Wildman–Crippen MR) is 86.7 cm³/mol. The van der Waals surface area contributed by atoms with E-state index in [0.29, 0.717) is 12.2 Å². The maximum atomic E-state index is 11.9. The molecule has 138 valence electrons. The van der Waals surface area contributed by atoms with E-state index < -0.39 is 30.6 Å². The molecule has 1 aliphatic rings. The smallest absolute Gasteiger partial charge is 0.331 e. The molecule has 2 rings (SSSR count). The number of aromatic hydroxyl groups is 2. The third-order valence-electron chi connectivity index (χ3n) is 3.70. The fraction of sp³-hybridized carbons (Fsp3) is 0.471. The van der Waals surface area contributed by atoms with Crippen LogP contribution in [0.25, 0.3) is 6.08 Å². The third-order valence-corrected chi connectivity index (χ3v) is 3.70. The standard InChI is InChI=1S/C17H22O8/c1-2-23-17-13(21)8-14(15(9-18)25-17)24-16(22)6-4-10-3-5-11(19)12(20)7-10/h3-7,13-15,17-21H,2,8-9H2,1H3/b6-4+. The minimum absolute atomic E-state index is 0.0788. The molecule has 1 fully saturated rings. The van der Waals surface area contributed by atoms with Gasteiger partial charge in [0.15, 0.2) is 17.8 Å². The van der Waals surface area contributed by atoms with Crippen LogP contribution in [0.5, 0.6) is 11.5 Å². The summed E-state index contributed by atoms with van der Waals surface area (Å²) in [6, 6.07) is 4.09. The van der Waals surface area contributed by atoms with Gasteiger partial charge in [-0.05, 0) is 30.7 Å². The van der Waals surface area contributed by atoms with Gasteiger partial charge in [-0.1, -0.05) is 6.07 Å². The monoisotopic (exact) mass is 354 g/mol. The number of aliphatic hydroxyl groups excluding tert-OH is 2. The SMILES string of the molecule is CCOC1OC(CO)C(OC(=O)/C=C/c2ccc(O)c(O)c2)CC1O. The zero-order chi connectivity index (χ0) is 18.4. The minimum Gasteiger partial charge on any atom is -0.504 e. The summed E-state index contributed by atoms with van der Waals surface area (Å²) in [5.74, 6) is -1.26. The molecule has 1 aliphatic heterocycles. The Morgan fingerprint density at radius 2 is 2.12 bits per heavy atom. The lowest BCUT2D eigenvalue weighted by Gasteiger charge is -2.37. The van der Waals surface area contributed by atoms with Crippen LogP contribution in [0.4, 0.5) is 0 Å². The number of hydrogen-bond donors (Lipinski definition) is 4. The van der Waals surface area contributed by atoms with Crippen molar-refractivity contribution in [2.45, 2.75) is 37.9 Å². The second-order valence-corrected chi connectivity index (χ2v) is 5.54. The minimum atomic E-state index is -0.974. The first-order chi connectivity index (χ1) is 11.9. The summed E-state index contributed by atoms with van der Waals surface area (Å²) in [5, 5.41) is 38.0. The van der Waals surface area contributed by atoms with E-state index in [1.807, 2.05) is 0 Å². The van der Waals surface area contributed by atoms with E-state index in [1.54, 1.807) is 6.92 Å². The average Bonchev–Trinajstić information content (AvgIpc) is 2.58. The van der Waals surface area contributed by atoms with Gasteiger partial charge >= 0.3 is 5.97 Å². The van der Waals surface area contributed by atoms with Crippen LogP contribution in [0.15, 0.2) is 24.3 Å². The number of carbonyl (C=O) groups is 1. The Morgan fingerprint density at radius 3 is 2.76 bits per heavy atom. The highest BCUT2D eigenvalue weighted by atomic mass is 16.7. The molecular weight excluding hydrogens is 332 g/mol. The van der Waals surface area contributed by atoms with Crippen molar-refractivity contribution in [3.05, 3.63) is 29.8 Å². The Hall–Kier alpha value is -2.13. The van der Waals surface area contributed by atoms with Gasteiger partial charge in [-0.15, -0.1) is 0 Å². The molecular formula is C17H22O8. The molecule has 0 aliphatic carbocycles. The number of hydrogen-bond acceptors (Lipinski definition) is 8. The highest BCUT2D eigenvalue weighted by molar-refractivity contribution is 5.87. The van der Waals surface area contributed by atoms with Crippen molar-refractivity contribution >= 4 is 12.0 Å². The molecule has 25 heavy (non-hydrogen) atoms. The molecule has 0 bridgehead atoms. The number of benzene rings is 1. The highest BCUT2D eigenvalue weighted by Gasteiger charge is 2.39. The van der Waals surface area contributed by atoms with Crippen molar-refractivity contribution < 1.29 is 39.4 Å². The maximum Gasteiger partial charge on any atom is 0.331 e. The Kier molecular flexibility index (Phi) is 6.77. The van der Waals surface area contributed by atoms with Gasteiger partial charge < -0.3 is 34.6 Å². The number of phenols is 2. The van der Waals surface area contributed by atoms with Gasteiger partial charge in [0.1, 0.15) is 18.3 Å². The fourth-order valence-corrected chi connectivity index (χ4v) is 2.45. The van der Waals surface area contributed by atoms with Gasteiger partial charge in [-0.25, -0.2) is 4.79 Å². The van der Waals surface area contributed by atoms with Crippen molar-refractivity contribution in [2.24, 2.45) is 0 Å². The van der Waals surface area contributed by atoms with Crippen molar-refractivity contribution in [3.63, 3.8) is 0 Å². The first-order valence-electron chi connectivity index (χ1n) is 7.91. The molecule has 0 amide bonds. The molecule has 1 aromatic rings. The molecule has 1 aromatic carbocycles. The van der Waals surface area contributed by atoms with E-state index in [9.17, 15) is 25.2 Å².